The summed E-state index contributed by atoms with van der Waals surface area (Å²) in [6, 6.07) is 16.2. The van der Waals surface area contributed by atoms with Gasteiger partial charge in [-0.2, -0.15) is 5.10 Å². The molecule has 2 unspecified atom stereocenters. The Morgan fingerprint density at radius 3 is 2.82 bits per heavy atom. The van der Waals surface area contributed by atoms with Gasteiger partial charge in [-0.25, -0.2) is 4.98 Å². The summed E-state index contributed by atoms with van der Waals surface area (Å²) in [6.07, 6.45) is 4.35. The van der Waals surface area contributed by atoms with E-state index < -0.39 is 0 Å². The van der Waals surface area contributed by atoms with E-state index in [0.717, 1.165) is 36.9 Å². The molecule has 2 aliphatic rings. The van der Waals surface area contributed by atoms with E-state index in [0.29, 0.717) is 18.2 Å². The first kappa shape index (κ1) is 17.1. The Hall–Kier alpha value is -2.99. The molecule has 6 heteroatoms. The van der Waals surface area contributed by atoms with Crippen molar-refractivity contribution in [3.05, 3.63) is 65.5 Å². The van der Waals surface area contributed by atoms with Crippen molar-refractivity contribution < 1.29 is 4.79 Å². The van der Waals surface area contributed by atoms with Gasteiger partial charge in [0.25, 0.3) is 0 Å². The van der Waals surface area contributed by atoms with E-state index in [-0.39, 0.29) is 17.2 Å². The molecule has 0 radical (unpaired) electrons. The molecule has 0 saturated heterocycles. The number of aromatic nitrogens is 3. The van der Waals surface area contributed by atoms with Gasteiger partial charge < -0.3 is 11.1 Å². The van der Waals surface area contributed by atoms with Crippen LogP contribution < -0.4 is 11.1 Å². The highest BCUT2D eigenvalue weighted by atomic mass is 16.2. The van der Waals surface area contributed by atoms with Crippen molar-refractivity contribution in [1.82, 2.24) is 15.2 Å². The van der Waals surface area contributed by atoms with E-state index in [9.17, 15) is 4.79 Å². The summed E-state index contributed by atoms with van der Waals surface area (Å²) in [7, 11) is 0. The highest BCUT2D eigenvalue weighted by Crippen LogP contribution is 2.60. The van der Waals surface area contributed by atoms with Crippen LogP contribution >= 0.6 is 0 Å². The van der Waals surface area contributed by atoms with Crippen LogP contribution in [0, 0.1) is 5.92 Å². The molecule has 1 amide bonds. The zero-order valence-electron chi connectivity index (χ0n) is 15.6. The number of nitrogens with two attached hydrogens (primary N) is 1. The number of carbonyl (C=O) groups excluding carboxylic acids is 1. The van der Waals surface area contributed by atoms with Crippen LogP contribution in [0.1, 0.15) is 36.2 Å². The van der Waals surface area contributed by atoms with E-state index in [1.807, 2.05) is 24.3 Å². The van der Waals surface area contributed by atoms with Gasteiger partial charge in [-0.15, -0.1) is 0 Å². The number of benzene rings is 2. The van der Waals surface area contributed by atoms with Gasteiger partial charge in [0, 0.05) is 22.6 Å². The second-order valence-electron chi connectivity index (χ2n) is 7.80. The molecule has 28 heavy (non-hydrogen) atoms. The van der Waals surface area contributed by atoms with Crippen LogP contribution in [-0.4, -0.2) is 21.1 Å². The quantitative estimate of drug-likeness (QED) is 0.654. The van der Waals surface area contributed by atoms with E-state index >= 15 is 0 Å². The van der Waals surface area contributed by atoms with Crippen LogP contribution in [-0.2, 0) is 23.2 Å². The van der Waals surface area contributed by atoms with Gasteiger partial charge in [-0.05, 0) is 61.1 Å². The maximum Gasteiger partial charge on any atom is 0.228 e. The molecule has 5 rings (SSSR count). The fraction of sp³-hybridized carbons (Fsp3) is 0.318. The topological polar surface area (TPSA) is 96.7 Å². The monoisotopic (exact) mass is 373 g/mol. The van der Waals surface area contributed by atoms with Crippen LogP contribution in [0.4, 0.5) is 5.69 Å². The first-order chi connectivity index (χ1) is 13.7. The predicted molar refractivity (Wildman–Crippen MR) is 108 cm³/mol. The fourth-order valence-corrected chi connectivity index (χ4v) is 4.62. The Bertz CT molecular complexity index is 1030. The normalized spacial score (nSPS) is 22.7. The molecular weight excluding hydrogens is 350 g/mol. The molecular formula is C22H23N5O. The third-order valence-corrected chi connectivity index (χ3v) is 6.15. The fourth-order valence-electron chi connectivity index (χ4n) is 4.62. The molecule has 2 aliphatic carbocycles. The van der Waals surface area contributed by atoms with Crippen molar-refractivity contribution in [2.75, 3.05) is 5.32 Å². The molecule has 6 nitrogen and oxygen atoms in total. The average Bonchev–Trinajstić information content (AvgIpc) is 3.24. The summed E-state index contributed by atoms with van der Waals surface area (Å²) in [5.41, 5.74) is 10.1. The number of rotatable bonds is 4. The van der Waals surface area contributed by atoms with Crippen LogP contribution in [0.5, 0.6) is 0 Å². The number of hydrogen-bond donors (Lipinski definition) is 3. The maximum absolute atomic E-state index is 12.9. The third kappa shape index (κ3) is 2.81. The number of fused-ring (bicyclic) bond motifs is 2. The number of aromatic amines is 1. The van der Waals surface area contributed by atoms with Crippen LogP contribution in [0.2, 0.25) is 0 Å². The summed E-state index contributed by atoms with van der Waals surface area (Å²) in [4.78, 5) is 17.2. The van der Waals surface area contributed by atoms with E-state index in [1.165, 1.54) is 11.1 Å². The molecule has 1 spiro atoms. The van der Waals surface area contributed by atoms with Crippen molar-refractivity contribution in [2.24, 2.45) is 11.7 Å². The number of nitrogens with one attached hydrogen (secondary N) is 2. The lowest BCUT2D eigenvalue weighted by Crippen LogP contribution is -2.24. The minimum Gasteiger partial charge on any atom is -0.326 e. The summed E-state index contributed by atoms with van der Waals surface area (Å²) < 4.78 is 0. The number of anilines is 1. The van der Waals surface area contributed by atoms with Gasteiger partial charge in [-0.3, -0.25) is 9.89 Å². The summed E-state index contributed by atoms with van der Waals surface area (Å²) in [5.74, 6) is 1.44. The lowest BCUT2D eigenvalue weighted by atomic mass is 9.78. The SMILES string of the molecule is NCc1nc(-c2ccc(NC(=O)C3CC34CCCc3ccccc34)cc2)n[nH]1. The first-order valence-corrected chi connectivity index (χ1v) is 9.81. The standard InChI is InChI=1S/C22H23N5O/c23-13-19-25-20(27-26-19)15-7-9-16(10-8-15)24-21(28)18-12-22(18)11-3-5-14-4-1-2-6-17(14)22/h1-2,4,6-10,18H,3,5,11-13,23H2,(H,24,28)(H,25,26,27). The molecule has 1 heterocycles. The van der Waals surface area contributed by atoms with Gasteiger partial charge in [0.15, 0.2) is 5.82 Å². The highest BCUT2D eigenvalue weighted by Gasteiger charge is 2.60. The summed E-state index contributed by atoms with van der Waals surface area (Å²) >= 11 is 0. The van der Waals surface area contributed by atoms with E-state index in [1.54, 1.807) is 0 Å². The number of nitrogens with zero attached hydrogens (tertiary/aromatic N) is 2. The summed E-state index contributed by atoms with van der Waals surface area (Å²) in [6.45, 7) is 0.327. The number of aryl methyl sites for hydroxylation is 1. The minimum absolute atomic E-state index is 0.0520. The Labute approximate surface area is 163 Å². The zero-order chi connectivity index (χ0) is 19.1. The highest BCUT2D eigenvalue weighted by molar-refractivity contribution is 5.96. The van der Waals surface area contributed by atoms with Gasteiger partial charge in [0.2, 0.25) is 5.91 Å². The molecule has 1 aromatic heterocycles. The Balaban J connectivity index is 1.29. The molecule has 4 N–H and O–H groups in total. The van der Waals surface area contributed by atoms with Gasteiger partial charge in [-0.1, -0.05) is 24.3 Å². The molecule has 2 atom stereocenters. The number of carbonyl (C=O) groups is 1. The van der Waals surface area contributed by atoms with Crippen molar-refractivity contribution in [2.45, 2.75) is 37.6 Å². The van der Waals surface area contributed by atoms with Crippen LogP contribution in [0.15, 0.2) is 48.5 Å². The largest absolute Gasteiger partial charge is 0.326 e. The van der Waals surface area contributed by atoms with Crippen LogP contribution in [0.25, 0.3) is 11.4 Å². The first-order valence-electron chi connectivity index (χ1n) is 9.81. The van der Waals surface area contributed by atoms with E-state index in [2.05, 4.69) is 44.8 Å². The third-order valence-electron chi connectivity index (χ3n) is 6.15. The molecule has 0 aliphatic heterocycles. The number of amides is 1. The molecule has 1 fully saturated rings. The van der Waals surface area contributed by atoms with Gasteiger partial charge in [0.1, 0.15) is 5.82 Å². The maximum atomic E-state index is 12.9. The van der Waals surface area contributed by atoms with Crippen molar-refractivity contribution >= 4 is 11.6 Å². The molecule has 3 aromatic rings. The summed E-state index contributed by atoms with van der Waals surface area (Å²) in [5, 5.41) is 10.1. The van der Waals surface area contributed by atoms with Crippen molar-refractivity contribution in [1.29, 1.82) is 0 Å². The number of H-pyrrole nitrogens is 1. The molecule has 1 saturated carbocycles. The number of hydrogen-bond acceptors (Lipinski definition) is 4. The smallest absolute Gasteiger partial charge is 0.228 e. The Morgan fingerprint density at radius 2 is 2.04 bits per heavy atom. The van der Waals surface area contributed by atoms with Crippen molar-refractivity contribution in [3.8, 4) is 11.4 Å². The van der Waals surface area contributed by atoms with Crippen molar-refractivity contribution in [3.63, 3.8) is 0 Å². The van der Waals surface area contributed by atoms with Gasteiger partial charge >= 0.3 is 0 Å². The minimum atomic E-state index is 0.0520. The lowest BCUT2D eigenvalue weighted by molar-refractivity contribution is -0.117. The molecule has 2 aromatic carbocycles. The Morgan fingerprint density at radius 1 is 1.21 bits per heavy atom. The zero-order valence-corrected chi connectivity index (χ0v) is 15.6. The van der Waals surface area contributed by atoms with Crippen LogP contribution in [0.3, 0.4) is 0 Å². The average molecular weight is 373 g/mol. The second kappa shape index (κ2) is 6.56. The predicted octanol–water partition coefficient (Wildman–Crippen LogP) is 3.16. The lowest BCUT2D eigenvalue weighted by Gasteiger charge is -2.26. The second-order valence-corrected chi connectivity index (χ2v) is 7.80. The molecule has 0 bridgehead atoms. The van der Waals surface area contributed by atoms with E-state index in [4.69, 9.17) is 5.73 Å². The molecule has 142 valence electrons. The van der Waals surface area contributed by atoms with Gasteiger partial charge in [0.05, 0.1) is 6.54 Å². The Kier molecular flexibility index (Phi) is 4.02.